The molecule has 2 aliphatic heterocycles. The average molecular weight is 532 g/mol. The molecule has 2 heterocycles. The molecular formula is C27H31ClFN3O5. The molecule has 2 saturated heterocycles. The number of piperidine rings is 1. The van der Waals surface area contributed by atoms with Gasteiger partial charge in [0, 0.05) is 37.1 Å². The van der Waals surface area contributed by atoms with Crippen molar-refractivity contribution in [1.82, 2.24) is 14.7 Å². The first-order valence-corrected chi connectivity index (χ1v) is 12.8. The van der Waals surface area contributed by atoms with Gasteiger partial charge in [-0.3, -0.25) is 9.69 Å². The maximum Gasteiger partial charge on any atom is 0.416 e. The number of methoxy groups -OCH3 is 1. The van der Waals surface area contributed by atoms with Crippen molar-refractivity contribution in [1.29, 1.82) is 0 Å². The van der Waals surface area contributed by atoms with Crippen LogP contribution >= 0.6 is 11.6 Å². The normalized spacial score (nSPS) is 18.9. The first-order valence-electron chi connectivity index (χ1n) is 12.4. The monoisotopic (exact) mass is 531 g/mol. The zero-order valence-electron chi connectivity index (χ0n) is 20.9. The molecule has 198 valence electrons. The van der Waals surface area contributed by atoms with E-state index in [0.29, 0.717) is 50.5 Å². The van der Waals surface area contributed by atoms with E-state index in [9.17, 15) is 18.8 Å². The van der Waals surface area contributed by atoms with Crippen molar-refractivity contribution in [2.75, 3.05) is 33.3 Å². The minimum Gasteiger partial charge on any atom is -0.453 e. The molecule has 0 aromatic heterocycles. The van der Waals surface area contributed by atoms with Gasteiger partial charge in [-0.2, -0.15) is 0 Å². The zero-order valence-corrected chi connectivity index (χ0v) is 21.7. The average Bonchev–Trinajstić information content (AvgIpc) is 3.39. The van der Waals surface area contributed by atoms with Crippen LogP contribution in [-0.4, -0.2) is 72.1 Å². The molecule has 2 aromatic rings. The number of ether oxygens (including phenoxy) is 2. The number of halogens is 2. The summed E-state index contributed by atoms with van der Waals surface area (Å²) in [4.78, 5) is 43.5. The van der Waals surface area contributed by atoms with E-state index in [1.807, 2.05) is 19.1 Å². The third-order valence-electron chi connectivity index (χ3n) is 7.12. The molecule has 2 unspecified atom stereocenters. The van der Waals surface area contributed by atoms with Crippen LogP contribution < -0.4 is 4.74 Å². The van der Waals surface area contributed by atoms with Gasteiger partial charge in [0.15, 0.2) is 0 Å². The van der Waals surface area contributed by atoms with E-state index in [4.69, 9.17) is 21.1 Å². The number of hydrogen-bond donors (Lipinski definition) is 0. The summed E-state index contributed by atoms with van der Waals surface area (Å²) in [7, 11) is 1.35. The first-order chi connectivity index (χ1) is 17.8. The topological polar surface area (TPSA) is 79.4 Å². The summed E-state index contributed by atoms with van der Waals surface area (Å²) in [6.07, 6.45) is 0.785. The smallest absolute Gasteiger partial charge is 0.416 e. The summed E-state index contributed by atoms with van der Waals surface area (Å²) in [5.74, 6) is -0.330. The number of carbonyl (C=O) groups excluding carboxylic acids is 3. The highest BCUT2D eigenvalue weighted by atomic mass is 35.5. The van der Waals surface area contributed by atoms with Crippen LogP contribution in [0, 0.1) is 11.7 Å². The van der Waals surface area contributed by atoms with Crippen LogP contribution in [0.5, 0.6) is 5.75 Å². The lowest BCUT2D eigenvalue weighted by atomic mass is 9.95. The van der Waals surface area contributed by atoms with E-state index in [1.54, 1.807) is 26.8 Å². The number of carbonyl (C=O) groups is 3. The Bertz CT molecular complexity index is 1120. The maximum atomic E-state index is 13.4. The molecule has 0 bridgehead atoms. The van der Waals surface area contributed by atoms with Gasteiger partial charge in [-0.25, -0.2) is 14.0 Å². The first kappa shape index (κ1) is 26.7. The standard InChI is InChI=1S/C27H31ClFN3O5/c1-18(20-4-3-5-21(28)16-20)32(27(35)37-24-8-6-22(29)7-9-24)23-12-15-31(17-23)25(33)19-10-13-30(14-11-19)26(34)36-2/h3-9,16,18-19,23H,10-15,17H2,1-2H3. The van der Waals surface area contributed by atoms with Crippen molar-refractivity contribution in [2.45, 2.75) is 38.3 Å². The Kier molecular flexibility index (Phi) is 8.53. The van der Waals surface area contributed by atoms with Gasteiger partial charge in [-0.05, 0) is 68.1 Å². The molecule has 0 radical (unpaired) electrons. The van der Waals surface area contributed by atoms with Crippen molar-refractivity contribution in [3.63, 3.8) is 0 Å². The maximum absolute atomic E-state index is 13.4. The summed E-state index contributed by atoms with van der Waals surface area (Å²) >= 11 is 6.21. The molecule has 2 aliphatic rings. The SMILES string of the molecule is COC(=O)N1CCC(C(=O)N2CCC(N(C(=O)Oc3ccc(F)cc3)C(C)c3cccc(Cl)c3)C2)CC1. The summed E-state index contributed by atoms with van der Waals surface area (Å²) in [6, 6.07) is 11.9. The van der Waals surface area contributed by atoms with Crippen LogP contribution in [0.15, 0.2) is 48.5 Å². The molecule has 10 heteroatoms. The number of nitrogens with zero attached hydrogens (tertiary/aromatic N) is 3. The number of hydrogen-bond acceptors (Lipinski definition) is 5. The molecule has 4 rings (SSSR count). The molecule has 0 spiro atoms. The van der Waals surface area contributed by atoms with E-state index in [-0.39, 0.29) is 35.8 Å². The Hall–Kier alpha value is -3.33. The van der Waals surface area contributed by atoms with Gasteiger partial charge in [-0.15, -0.1) is 0 Å². The van der Waals surface area contributed by atoms with Crippen molar-refractivity contribution in [2.24, 2.45) is 5.92 Å². The second-order valence-electron chi connectivity index (χ2n) is 9.42. The number of rotatable bonds is 5. The molecule has 8 nitrogen and oxygen atoms in total. The van der Waals surface area contributed by atoms with Crippen molar-refractivity contribution in [3.05, 3.63) is 64.9 Å². The molecule has 2 atom stereocenters. The zero-order chi connectivity index (χ0) is 26.5. The lowest BCUT2D eigenvalue weighted by molar-refractivity contribution is -0.136. The Morgan fingerprint density at radius 1 is 1.03 bits per heavy atom. The van der Waals surface area contributed by atoms with E-state index in [2.05, 4.69) is 0 Å². The van der Waals surface area contributed by atoms with Gasteiger partial charge >= 0.3 is 12.2 Å². The number of benzene rings is 2. The summed E-state index contributed by atoms with van der Waals surface area (Å²) in [5.41, 5.74) is 0.837. The van der Waals surface area contributed by atoms with E-state index >= 15 is 0 Å². The fraction of sp³-hybridized carbons (Fsp3) is 0.444. The molecule has 0 aliphatic carbocycles. The summed E-state index contributed by atoms with van der Waals surface area (Å²) < 4.78 is 23.7. The van der Waals surface area contributed by atoms with E-state index in [0.717, 1.165) is 5.56 Å². The van der Waals surface area contributed by atoms with Gasteiger partial charge in [0.25, 0.3) is 0 Å². The summed E-state index contributed by atoms with van der Waals surface area (Å²) in [6.45, 7) is 3.73. The molecule has 0 saturated carbocycles. The molecular weight excluding hydrogens is 501 g/mol. The molecule has 2 fully saturated rings. The lowest BCUT2D eigenvalue weighted by Gasteiger charge is -2.35. The van der Waals surface area contributed by atoms with Crippen molar-refractivity contribution >= 4 is 29.7 Å². The fourth-order valence-corrected chi connectivity index (χ4v) is 5.27. The third kappa shape index (κ3) is 6.33. The van der Waals surface area contributed by atoms with Crippen LogP contribution in [0.2, 0.25) is 5.02 Å². The quantitative estimate of drug-likeness (QED) is 0.535. The largest absolute Gasteiger partial charge is 0.453 e. The van der Waals surface area contributed by atoms with Gasteiger partial charge < -0.3 is 19.3 Å². The Balaban J connectivity index is 1.47. The highest BCUT2D eigenvalue weighted by Crippen LogP contribution is 2.31. The predicted molar refractivity (Wildman–Crippen MR) is 136 cm³/mol. The van der Waals surface area contributed by atoms with Gasteiger partial charge in [0.1, 0.15) is 11.6 Å². The predicted octanol–water partition coefficient (Wildman–Crippen LogP) is 5.12. The molecule has 2 aromatic carbocycles. The third-order valence-corrected chi connectivity index (χ3v) is 7.36. The Morgan fingerprint density at radius 3 is 2.35 bits per heavy atom. The fourth-order valence-electron chi connectivity index (χ4n) is 5.07. The summed E-state index contributed by atoms with van der Waals surface area (Å²) in [5, 5.41) is 0.553. The number of likely N-dealkylation sites (tertiary alicyclic amines) is 2. The van der Waals surface area contributed by atoms with Crippen molar-refractivity contribution < 1.29 is 28.2 Å². The van der Waals surface area contributed by atoms with Crippen LogP contribution in [0.4, 0.5) is 14.0 Å². The van der Waals surface area contributed by atoms with Crippen LogP contribution in [0.3, 0.4) is 0 Å². The molecule has 37 heavy (non-hydrogen) atoms. The lowest BCUT2D eigenvalue weighted by Crippen LogP contribution is -2.47. The molecule has 3 amide bonds. The highest BCUT2D eigenvalue weighted by molar-refractivity contribution is 6.30. The minimum atomic E-state index is -0.579. The van der Waals surface area contributed by atoms with Crippen molar-refractivity contribution in [3.8, 4) is 5.75 Å². The Labute approximate surface area is 220 Å². The highest BCUT2D eigenvalue weighted by Gasteiger charge is 2.39. The van der Waals surface area contributed by atoms with Gasteiger partial charge in [0.2, 0.25) is 5.91 Å². The van der Waals surface area contributed by atoms with E-state index in [1.165, 1.54) is 31.4 Å². The van der Waals surface area contributed by atoms with Crippen LogP contribution in [0.25, 0.3) is 0 Å². The molecule has 0 N–H and O–H groups in total. The van der Waals surface area contributed by atoms with E-state index < -0.39 is 11.9 Å². The van der Waals surface area contributed by atoms with Gasteiger partial charge in [-0.1, -0.05) is 23.7 Å². The second-order valence-corrected chi connectivity index (χ2v) is 9.85. The second kappa shape index (κ2) is 11.8. The van der Waals surface area contributed by atoms with Gasteiger partial charge in [0.05, 0.1) is 19.2 Å². The van der Waals surface area contributed by atoms with Crippen LogP contribution in [-0.2, 0) is 9.53 Å². The number of amides is 3. The van der Waals surface area contributed by atoms with Crippen LogP contribution in [0.1, 0.15) is 37.8 Å². The minimum absolute atomic E-state index is 0.0364. The Morgan fingerprint density at radius 2 is 1.70 bits per heavy atom.